The number of fused-ring (bicyclic) bond motifs is 20. The first kappa shape index (κ1) is 30.9. The van der Waals surface area contributed by atoms with Crippen LogP contribution in [0.4, 0.5) is 17.1 Å². The summed E-state index contributed by atoms with van der Waals surface area (Å²) in [4.78, 5) is 5.21. The molecule has 4 aliphatic heterocycles. The van der Waals surface area contributed by atoms with E-state index in [0.29, 0.717) is 0 Å². The van der Waals surface area contributed by atoms with Gasteiger partial charge in [-0.15, -0.1) is 0 Å². The summed E-state index contributed by atoms with van der Waals surface area (Å²) in [6.45, 7) is 0. The predicted molar refractivity (Wildman–Crippen MR) is 236 cm³/mol. The van der Waals surface area contributed by atoms with E-state index in [2.05, 4.69) is 205 Å². The maximum absolute atomic E-state index is 2.62. The summed E-state index contributed by atoms with van der Waals surface area (Å²) in [5.41, 5.74) is 14.0. The Hall–Kier alpha value is -6.39. The highest BCUT2D eigenvalue weighted by Crippen LogP contribution is 2.64. The fourth-order valence-corrected chi connectivity index (χ4v) is 18.0. The molecule has 0 atom stereocenters. The molecule has 0 N–H and O–H groups in total. The van der Waals surface area contributed by atoms with E-state index in [1.165, 1.54) is 103 Å². The van der Waals surface area contributed by atoms with Gasteiger partial charge in [-0.05, 0) is 112 Å². The van der Waals surface area contributed by atoms with Crippen molar-refractivity contribution in [2.24, 2.45) is 0 Å². The monoisotopic (exact) mass is 743 g/mol. The molecule has 56 heavy (non-hydrogen) atoms. The average Bonchev–Trinajstić information content (AvgIpc) is 3.73. The first-order valence-electron chi connectivity index (χ1n) is 19.5. The van der Waals surface area contributed by atoms with E-state index < -0.39 is 13.5 Å². The summed E-state index contributed by atoms with van der Waals surface area (Å²) < 4.78 is 0. The Kier molecular flexibility index (Phi) is 6.12. The first-order valence-corrected chi connectivity index (χ1v) is 22.3. The third-order valence-electron chi connectivity index (χ3n) is 13.1. The van der Waals surface area contributed by atoms with Gasteiger partial charge in [0.2, 0.25) is 0 Å². The van der Waals surface area contributed by atoms with Crippen LogP contribution in [-0.4, -0.2) is 8.07 Å². The van der Waals surface area contributed by atoms with E-state index in [4.69, 9.17) is 0 Å². The Morgan fingerprint density at radius 1 is 0.393 bits per heavy atom. The molecule has 0 aromatic heterocycles. The minimum absolute atomic E-state index is 0.520. The molecule has 0 saturated heterocycles. The average molecular weight is 744 g/mol. The second-order valence-electron chi connectivity index (χ2n) is 15.5. The topological polar surface area (TPSA) is 3.24 Å². The molecule has 0 saturated carbocycles. The standard InChI is InChI=1S/C53H33NSSi/c1-2-16-36-34(15-1)29-32-47-52(36)53(43-22-8-11-25-46(43)55-47)41-20-6-9-23-44(41)54(45-24-10-7-21-42(45)53)35-30-31-40-39-19-5-14-28-50(39)56(51(40)33-35)48-26-12-3-17-37(48)38-18-4-13-27-49(38)56/h1-33H. The van der Waals surface area contributed by atoms with Crippen LogP contribution in [0.5, 0.6) is 0 Å². The lowest BCUT2D eigenvalue weighted by Crippen LogP contribution is -2.70. The van der Waals surface area contributed by atoms with Gasteiger partial charge in [0.25, 0.3) is 0 Å². The summed E-state index contributed by atoms with van der Waals surface area (Å²) in [5.74, 6) is 0. The zero-order valence-corrected chi connectivity index (χ0v) is 32.2. The Bertz CT molecular complexity index is 3050. The first-order chi connectivity index (χ1) is 27.8. The second kappa shape index (κ2) is 11.1. The summed E-state index contributed by atoms with van der Waals surface area (Å²) in [6.07, 6.45) is 0. The Balaban J connectivity index is 1.12. The lowest BCUT2D eigenvalue weighted by molar-refractivity contribution is 0.699. The number of nitrogens with zero attached hydrogens (tertiary/aromatic N) is 1. The van der Waals surface area contributed by atoms with Crippen molar-refractivity contribution in [1.29, 1.82) is 0 Å². The van der Waals surface area contributed by atoms with Gasteiger partial charge in [-0.2, -0.15) is 0 Å². The Morgan fingerprint density at radius 2 is 0.911 bits per heavy atom. The third-order valence-corrected chi connectivity index (χ3v) is 19.2. The highest BCUT2D eigenvalue weighted by molar-refractivity contribution is 7.99. The number of para-hydroxylation sites is 2. The molecule has 1 nitrogen and oxygen atoms in total. The third kappa shape index (κ3) is 3.64. The van der Waals surface area contributed by atoms with Gasteiger partial charge in [-0.3, -0.25) is 0 Å². The van der Waals surface area contributed by atoms with Crippen molar-refractivity contribution in [3.63, 3.8) is 0 Å². The lowest BCUT2D eigenvalue weighted by Gasteiger charge is -2.49. The van der Waals surface area contributed by atoms with Gasteiger partial charge in [0.1, 0.15) is 0 Å². The van der Waals surface area contributed by atoms with E-state index in [9.17, 15) is 0 Å². The van der Waals surface area contributed by atoms with Gasteiger partial charge >= 0.3 is 0 Å². The Morgan fingerprint density at radius 3 is 1.57 bits per heavy atom. The number of hydrogen-bond acceptors (Lipinski definition) is 2. The van der Waals surface area contributed by atoms with Gasteiger partial charge < -0.3 is 4.90 Å². The molecule has 0 bridgehead atoms. The van der Waals surface area contributed by atoms with Gasteiger partial charge in [0.05, 0.1) is 16.8 Å². The quantitative estimate of drug-likeness (QED) is 0.154. The van der Waals surface area contributed by atoms with Crippen LogP contribution in [0, 0.1) is 0 Å². The Labute approximate surface area is 331 Å². The van der Waals surface area contributed by atoms with Gasteiger partial charge in [-0.25, -0.2) is 0 Å². The van der Waals surface area contributed by atoms with Crippen molar-refractivity contribution in [2.75, 3.05) is 4.90 Å². The van der Waals surface area contributed by atoms with Gasteiger partial charge in [-0.1, -0.05) is 176 Å². The number of anilines is 3. The molecule has 0 unspecified atom stereocenters. The SMILES string of the molecule is c1ccc2c(c1)Sc1ccc3ccccc3c1C21c2ccccc2N(c2ccc3c(c2)[Si]2(c4ccccc4-c4ccccc42)c2ccccc2-3)c2ccccc21. The number of rotatable bonds is 1. The molecule has 0 amide bonds. The summed E-state index contributed by atoms with van der Waals surface area (Å²) in [7, 11) is -2.62. The molecular formula is C53H33NSSi. The molecule has 0 aliphatic carbocycles. The molecule has 0 fully saturated rings. The highest BCUT2D eigenvalue weighted by atomic mass is 32.2. The van der Waals surface area contributed by atoms with Crippen LogP contribution >= 0.6 is 11.8 Å². The van der Waals surface area contributed by atoms with Crippen LogP contribution in [0.1, 0.15) is 22.3 Å². The van der Waals surface area contributed by atoms with E-state index in [1.807, 2.05) is 11.8 Å². The van der Waals surface area contributed by atoms with Crippen LogP contribution in [0.3, 0.4) is 0 Å². The van der Waals surface area contributed by atoms with Crippen molar-refractivity contribution < 1.29 is 0 Å². The maximum atomic E-state index is 2.58. The summed E-state index contributed by atoms with van der Waals surface area (Å²) in [6, 6.07) is 76.3. The molecule has 9 aromatic carbocycles. The number of hydrogen-bond donors (Lipinski definition) is 0. The van der Waals surface area contributed by atoms with Crippen molar-refractivity contribution in [2.45, 2.75) is 15.2 Å². The van der Waals surface area contributed by atoms with E-state index in [1.54, 1.807) is 0 Å². The molecule has 2 spiro atoms. The largest absolute Gasteiger partial charge is 0.310 e. The lowest BCUT2D eigenvalue weighted by atomic mass is 9.61. The highest BCUT2D eigenvalue weighted by Gasteiger charge is 2.55. The molecule has 260 valence electrons. The van der Waals surface area contributed by atoms with Crippen LogP contribution in [-0.2, 0) is 5.41 Å². The minimum atomic E-state index is -2.62. The van der Waals surface area contributed by atoms with E-state index >= 15 is 0 Å². The molecule has 3 heteroatoms. The van der Waals surface area contributed by atoms with Crippen molar-refractivity contribution in [3.8, 4) is 22.3 Å². The fraction of sp³-hybridized carbons (Fsp3) is 0.0189. The molecule has 13 rings (SSSR count). The van der Waals surface area contributed by atoms with Crippen LogP contribution in [0.15, 0.2) is 210 Å². The van der Waals surface area contributed by atoms with Gasteiger partial charge in [0.15, 0.2) is 8.07 Å². The molecular weight excluding hydrogens is 711 g/mol. The van der Waals surface area contributed by atoms with Crippen molar-refractivity contribution in [1.82, 2.24) is 0 Å². The minimum Gasteiger partial charge on any atom is -0.310 e. The van der Waals surface area contributed by atoms with Crippen LogP contribution in [0.25, 0.3) is 33.0 Å². The molecule has 0 radical (unpaired) electrons. The number of benzene rings is 9. The fourth-order valence-electron chi connectivity index (χ4n) is 11.1. The van der Waals surface area contributed by atoms with Gasteiger partial charge in [0, 0.05) is 15.5 Å². The van der Waals surface area contributed by atoms with E-state index in [0.717, 1.165) is 0 Å². The van der Waals surface area contributed by atoms with Crippen LogP contribution in [0.2, 0.25) is 0 Å². The second-order valence-corrected chi connectivity index (χ2v) is 20.2. The normalized spacial score (nSPS) is 15.3. The maximum Gasteiger partial charge on any atom is 0.182 e. The smallest absolute Gasteiger partial charge is 0.182 e. The predicted octanol–water partition coefficient (Wildman–Crippen LogP) is 10.8. The zero-order chi connectivity index (χ0) is 36.6. The molecule has 4 heterocycles. The van der Waals surface area contributed by atoms with E-state index in [-0.39, 0.29) is 0 Å². The zero-order valence-electron chi connectivity index (χ0n) is 30.4. The summed E-state index contributed by atoms with van der Waals surface area (Å²) >= 11 is 1.91. The van der Waals surface area contributed by atoms with Crippen LogP contribution < -0.4 is 25.6 Å². The molecule has 9 aromatic rings. The van der Waals surface area contributed by atoms with Crippen molar-refractivity contribution in [3.05, 3.63) is 222 Å². The summed E-state index contributed by atoms with van der Waals surface area (Å²) in [5, 5.41) is 8.58. The van der Waals surface area contributed by atoms with Crippen molar-refractivity contribution >= 4 is 68.4 Å². The molecule has 4 aliphatic rings.